The smallest absolute Gasteiger partial charge is 0.254 e. The normalized spacial score (nSPS) is 14.6. The Morgan fingerprint density at radius 1 is 0.913 bits per heavy atom. The summed E-state index contributed by atoms with van der Waals surface area (Å²) < 4.78 is 15.2. The van der Waals surface area contributed by atoms with Crippen molar-refractivity contribution >= 4 is 11.8 Å². The summed E-state index contributed by atoms with van der Waals surface area (Å²) in [7, 11) is 4.58. The average Bonchev–Trinajstić information content (AvgIpc) is 2.60. The lowest BCUT2D eigenvalue weighted by molar-refractivity contribution is -0.136. The Labute approximate surface area is 135 Å². The van der Waals surface area contributed by atoms with Crippen LogP contribution in [0.1, 0.15) is 10.4 Å². The quantitative estimate of drug-likeness (QED) is 0.795. The van der Waals surface area contributed by atoms with Crippen molar-refractivity contribution in [3.63, 3.8) is 0 Å². The molecule has 1 saturated heterocycles. The van der Waals surface area contributed by atoms with E-state index < -0.39 is 0 Å². The molecule has 1 aromatic rings. The lowest BCUT2D eigenvalue weighted by Crippen LogP contribution is -2.51. The summed E-state index contributed by atoms with van der Waals surface area (Å²) in [5.74, 6) is 0.993. The van der Waals surface area contributed by atoms with Crippen LogP contribution >= 0.6 is 0 Å². The predicted molar refractivity (Wildman–Crippen MR) is 83.9 cm³/mol. The Morgan fingerprint density at radius 2 is 1.43 bits per heavy atom. The molecule has 126 valence electrons. The lowest BCUT2D eigenvalue weighted by atomic mass is 10.1. The Hall–Kier alpha value is -2.28. The van der Waals surface area contributed by atoms with Gasteiger partial charge in [0.25, 0.3) is 5.91 Å². The molecule has 0 aliphatic carbocycles. The molecule has 0 aromatic heterocycles. The van der Waals surface area contributed by atoms with Gasteiger partial charge in [0.2, 0.25) is 5.91 Å². The number of benzene rings is 1. The van der Waals surface area contributed by atoms with Gasteiger partial charge >= 0.3 is 0 Å². The van der Waals surface area contributed by atoms with Gasteiger partial charge in [-0.05, 0) is 12.1 Å². The first-order valence-electron chi connectivity index (χ1n) is 7.38. The van der Waals surface area contributed by atoms with E-state index in [4.69, 9.17) is 14.2 Å². The number of carbonyl (C=O) groups excluding carboxylic acids is 2. The number of nitrogens with zero attached hydrogens (tertiary/aromatic N) is 2. The molecule has 0 saturated carbocycles. The number of hydrogen-bond acceptors (Lipinski definition) is 5. The molecule has 2 amide bonds. The summed E-state index contributed by atoms with van der Waals surface area (Å²) in [5.41, 5.74) is 0.512. The number of ether oxygens (including phenoxy) is 3. The minimum atomic E-state index is -0.0963. The molecule has 7 heteroatoms. The van der Waals surface area contributed by atoms with Crippen molar-refractivity contribution in [1.82, 2.24) is 9.80 Å². The van der Waals surface area contributed by atoms with Crippen molar-refractivity contribution in [1.29, 1.82) is 0 Å². The maximum Gasteiger partial charge on any atom is 0.254 e. The van der Waals surface area contributed by atoms with Crippen LogP contribution in [0.2, 0.25) is 0 Å². The number of carbonyl (C=O) groups is 2. The van der Waals surface area contributed by atoms with E-state index in [-0.39, 0.29) is 18.4 Å². The summed E-state index contributed by atoms with van der Waals surface area (Å²) in [5, 5.41) is 0. The molecule has 1 aliphatic rings. The molecule has 2 rings (SSSR count). The van der Waals surface area contributed by atoms with E-state index in [0.717, 1.165) is 0 Å². The molecule has 0 atom stereocenters. The van der Waals surface area contributed by atoms with Crippen LogP contribution in [0.25, 0.3) is 0 Å². The highest BCUT2D eigenvalue weighted by Gasteiger charge is 2.25. The Bertz CT molecular complexity index is 545. The van der Waals surface area contributed by atoms with E-state index in [0.29, 0.717) is 43.2 Å². The van der Waals surface area contributed by atoms with E-state index in [9.17, 15) is 9.59 Å². The summed E-state index contributed by atoms with van der Waals surface area (Å²) in [4.78, 5) is 27.8. The average molecular weight is 322 g/mol. The SMILES string of the molecule is COCC(=O)N1CCN(C(=O)c2cc(OC)cc(OC)c2)CC1. The van der Waals surface area contributed by atoms with Crippen LogP contribution in [-0.2, 0) is 9.53 Å². The second-order valence-corrected chi connectivity index (χ2v) is 5.21. The molecule has 7 nitrogen and oxygen atoms in total. The number of amides is 2. The topological polar surface area (TPSA) is 68.3 Å². The third kappa shape index (κ3) is 4.13. The minimum absolute atomic E-state index is 0.0531. The highest BCUT2D eigenvalue weighted by molar-refractivity contribution is 5.95. The third-order valence-electron chi connectivity index (χ3n) is 3.79. The molecule has 1 aliphatic heterocycles. The molecule has 0 radical (unpaired) electrons. The first-order valence-corrected chi connectivity index (χ1v) is 7.38. The van der Waals surface area contributed by atoms with Gasteiger partial charge in [-0.2, -0.15) is 0 Å². The van der Waals surface area contributed by atoms with Gasteiger partial charge in [-0.1, -0.05) is 0 Å². The van der Waals surface area contributed by atoms with Gasteiger partial charge in [-0.15, -0.1) is 0 Å². The number of rotatable bonds is 5. The molecule has 1 heterocycles. The van der Waals surface area contributed by atoms with Crippen LogP contribution in [0.15, 0.2) is 18.2 Å². The maximum absolute atomic E-state index is 12.6. The van der Waals surface area contributed by atoms with Gasteiger partial charge in [0, 0.05) is 44.9 Å². The van der Waals surface area contributed by atoms with Crippen LogP contribution in [0.3, 0.4) is 0 Å². The molecule has 0 N–H and O–H groups in total. The first-order chi connectivity index (χ1) is 11.1. The molecule has 0 spiro atoms. The van der Waals surface area contributed by atoms with Crippen LogP contribution in [0.5, 0.6) is 11.5 Å². The third-order valence-corrected chi connectivity index (χ3v) is 3.79. The first kappa shape index (κ1) is 17.1. The van der Waals surface area contributed by atoms with E-state index in [1.165, 1.54) is 7.11 Å². The predicted octanol–water partition coefficient (Wildman–Crippen LogP) is 0.635. The van der Waals surface area contributed by atoms with Crippen molar-refractivity contribution in [2.24, 2.45) is 0 Å². The maximum atomic E-state index is 12.6. The van der Waals surface area contributed by atoms with Crippen molar-refractivity contribution in [3.8, 4) is 11.5 Å². The standard InChI is InChI=1S/C16H22N2O5/c1-21-11-15(19)17-4-6-18(7-5-17)16(20)12-8-13(22-2)10-14(9-12)23-3/h8-10H,4-7,11H2,1-3H3. The zero-order chi connectivity index (χ0) is 16.8. The highest BCUT2D eigenvalue weighted by Crippen LogP contribution is 2.23. The van der Waals surface area contributed by atoms with Crippen LogP contribution in [0, 0.1) is 0 Å². The molecule has 1 aromatic carbocycles. The van der Waals surface area contributed by atoms with E-state index >= 15 is 0 Å². The van der Waals surface area contributed by atoms with Gasteiger partial charge in [-0.25, -0.2) is 0 Å². The summed E-state index contributed by atoms with van der Waals surface area (Å²) in [6.45, 7) is 2.08. The second-order valence-electron chi connectivity index (χ2n) is 5.21. The zero-order valence-corrected chi connectivity index (χ0v) is 13.7. The summed E-state index contributed by atoms with van der Waals surface area (Å²) in [6, 6.07) is 5.10. The number of methoxy groups -OCH3 is 3. The van der Waals surface area contributed by atoms with Crippen molar-refractivity contribution < 1.29 is 23.8 Å². The largest absolute Gasteiger partial charge is 0.497 e. The van der Waals surface area contributed by atoms with Gasteiger partial charge in [0.1, 0.15) is 18.1 Å². The van der Waals surface area contributed by atoms with Gasteiger partial charge in [0.05, 0.1) is 14.2 Å². The molecule has 1 fully saturated rings. The van der Waals surface area contributed by atoms with Gasteiger partial charge in [-0.3, -0.25) is 9.59 Å². The molecule has 0 unspecified atom stereocenters. The van der Waals surface area contributed by atoms with Crippen LogP contribution in [-0.4, -0.2) is 75.7 Å². The number of piperazine rings is 1. The van der Waals surface area contributed by atoms with E-state index in [1.807, 2.05) is 0 Å². The molecule has 23 heavy (non-hydrogen) atoms. The zero-order valence-electron chi connectivity index (χ0n) is 13.7. The molecular weight excluding hydrogens is 300 g/mol. The second kappa shape index (κ2) is 7.82. The Balaban J connectivity index is 2.03. The fraction of sp³-hybridized carbons (Fsp3) is 0.500. The fourth-order valence-electron chi connectivity index (χ4n) is 2.49. The summed E-state index contributed by atoms with van der Waals surface area (Å²) >= 11 is 0. The van der Waals surface area contributed by atoms with Crippen molar-refractivity contribution in [2.75, 3.05) is 54.1 Å². The van der Waals surface area contributed by atoms with Gasteiger partial charge in [0.15, 0.2) is 0 Å². The van der Waals surface area contributed by atoms with Crippen molar-refractivity contribution in [3.05, 3.63) is 23.8 Å². The number of hydrogen-bond donors (Lipinski definition) is 0. The summed E-state index contributed by atoms with van der Waals surface area (Å²) in [6.07, 6.45) is 0. The highest BCUT2D eigenvalue weighted by atomic mass is 16.5. The Kier molecular flexibility index (Phi) is 5.81. The van der Waals surface area contributed by atoms with Gasteiger partial charge < -0.3 is 24.0 Å². The fourth-order valence-corrected chi connectivity index (χ4v) is 2.49. The van der Waals surface area contributed by atoms with E-state index in [2.05, 4.69) is 0 Å². The molecular formula is C16H22N2O5. The molecule has 0 bridgehead atoms. The lowest BCUT2D eigenvalue weighted by Gasteiger charge is -2.34. The Morgan fingerprint density at radius 3 is 1.91 bits per heavy atom. The monoisotopic (exact) mass is 322 g/mol. The minimum Gasteiger partial charge on any atom is -0.497 e. The van der Waals surface area contributed by atoms with Crippen LogP contribution in [0.4, 0.5) is 0 Å². The van der Waals surface area contributed by atoms with Crippen LogP contribution < -0.4 is 9.47 Å². The van der Waals surface area contributed by atoms with E-state index in [1.54, 1.807) is 42.2 Å². The van der Waals surface area contributed by atoms with Crippen molar-refractivity contribution in [2.45, 2.75) is 0 Å².